The van der Waals surface area contributed by atoms with Crippen LogP contribution in [0.4, 0.5) is 0 Å². The van der Waals surface area contributed by atoms with Crippen LogP contribution in [0.1, 0.15) is 45.9 Å². The molecule has 4 aromatic heterocycles. The van der Waals surface area contributed by atoms with Crippen molar-refractivity contribution in [1.29, 1.82) is 0 Å². The Hall–Kier alpha value is -3.58. The molecule has 0 saturated carbocycles. The Morgan fingerprint density at radius 1 is 0.970 bits per heavy atom. The normalized spacial score (nSPS) is 17.9. The molecule has 4 aromatic rings. The van der Waals surface area contributed by atoms with Gasteiger partial charge in [0.05, 0.1) is 17.8 Å². The van der Waals surface area contributed by atoms with E-state index in [1.165, 1.54) is 11.1 Å². The van der Waals surface area contributed by atoms with Gasteiger partial charge in [-0.15, -0.1) is 0 Å². The van der Waals surface area contributed by atoms with Crippen LogP contribution in [0.25, 0.3) is 5.82 Å². The number of hydrogen-bond donors (Lipinski definition) is 1. The minimum absolute atomic E-state index is 0.0163. The average molecular weight is 455 g/mol. The molecule has 0 bridgehead atoms. The minimum Gasteiger partial charge on any atom is -0.352 e. The molecule has 2 atom stereocenters. The van der Waals surface area contributed by atoms with Crippen LogP contribution in [0.3, 0.4) is 0 Å². The molecular weight excluding hydrogens is 428 g/mol. The molecule has 6 nitrogen and oxygen atoms in total. The molecule has 33 heavy (non-hydrogen) atoms. The number of rotatable bonds is 5. The second kappa shape index (κ2) is 8.75. The second-order valence-electron chi connectivity index (χ2n) is 8.47. The highest BCUT2D eigenvalue weighted by molar-refractivity contribution is 7.80. The van der Waals surface area contributed by atoms with Crippen molar-refractivity contribution in [3.8, 4) is 5.82 Å². The molecule has 1 aliphatic rings. The Balaban J connectivity index is 1.62. The van der Waals surface area contributed by atoms with Gasteiger partial charge in [-0.3, -0.25) is 9.97 Å². The van der Waals surface area contributed by atoms with Crippen molar-refractivity contribution in [3.63, 3.8) is 0 Å². The summed E-state index contributed by atoms with van der Waals surface area (Å²) in [7, 11) is 0. The topological polar surface area (TPSA) is 58.9 Å². The summed E-state index contributed by atoms with van der Waals surface area (Å²) in [6.45, 7) is 7.04. The highest BCUT2D eigenvalue weighted by atomic mass is 32.1. The van der Waals surface area contributed by atoms with Gasteiger partial charge in [0, 0.05) is 42.7 Å². The van der Waals surface area contributed by atoms with E-state index < -0.39 is 0 Å². The third-order valence-corrected chi connectivity index (χ3v) is 6.54. The Kier molecular flexibility index (Phi) is 5.64. The van der Waals surface area contributed by atoms with Crippen LogP contribution in [0.2, 0.25) is 0 Å². The summed E-state index contributed by atoms with van der Waals surface area (Å²) in [4.78, 5) is 15.8. The fourth-order valence-corrected chi connectivity index (χ4v) is 4.99. The molecule has 0 amide bonds. The number of nitrogens with zero attached hydrogens (tertiary/aromatic N) is 5. The summed E-state index contributed by atoms with van der Waals surface area (Å²) < 4.78 is 2.22. The van der Waals surface area contributed by atoms with Gasteiger partial charge in [-0.05, 0) is 86.1 Å². The summed E-state index contributed by atoms with van der Waals surface area (Å²) in [5.74, 6) is 0.929. The highest BCUT2D eigenvalue weighted by Crippen LogP contribution is 2.42. The van der Waals surface area contributed by atoms with E-state index in [0.717, 1.165) is 33.6 Å². The van der Waals surface area contributed by atoms with Crippen molar-refractivity contribution in [2.45, 2.75) is 39.4 Å². The Morgan fingerprint density at radius 3 is 2.58 bits per heavy atom. The van der Waals surface area contributed by atoms with Crippen molar-refractivity contribution in [2.24, 2.45) is 0 Å². The van der Waals surface area contributed by atoms with E-state index in [2.05, 4.69) is 74.8 Å². The molecule has 1 fully saturated rings. The minimum atomic E-state index is -0.0604. The number of thiocarbonyl (C=S) groups is 1. The molecular formula is C26H26N6S. The third kappa shape index (κ3) is 4.00. The van der Waals surface area contributed by atoms with Gasteiger partial charge in [-0.2, -0.15) is 0 Å². The van der Waals surface area contributed by atoms with Gasteiger partial charge in [0.2, 0.25) is 0 Å². The zero-order valence-corrected chi connectivity index (χ0v) is 19.8. The van der Waals surface area contributed by atoms with Gasteiger partial charge in [-0.1, -0.05) is 12.1 Å². The molecule has 0 aliphatic carbocycles. The first-order valence-electron chi connectivity index (χ1n) is 11.0. The molecule has 5 heterocycles. The molecule has 166 valence electrons. The van der Waals surface area contributed by atoms with Crippen molar-refractivity contribution < 1.29 is 0 Å². The quantitative estimate of drug-likeness (QED) is 0.439. The van der Waals surface area contributed by atoms with Crippen molar-refractivity contribution >= 4 is 17.3 Å². The standard InChI is InChI=1S/C26H26N6S/c1-17-9-12-29-23(13-17)32-18(2)14-21(19(32)3)25-24(22-8-4-5-11-28-22)30-26(33)31(25)16-20-7-6-10-27-15-20/h4-15,24-25H,16H2,1-3H3,(H,30,33)/t24-,25-/m0/s1. The second-order valence-corrected chi connectivity index (χ2v) is 8.86. The van der Waals surface area contributed by atoms with Crippen LogP contribution < -0.4 is 5.32 Å². The number of aromatic nitrogens is 4. The third-order valence-electron chi connectivity index (χ3n) is 6.19. The van der Waals surface area contributed by atoms with Gasteiger partial charge >= 0.3 is 0 Å². The molecule has 7 heteroatoms. The average Bonchev–Trinajstić information content (AvgIpc) is 3.30. The number of nitrogens with one attached hydrogen (secondary N) is 1. The molecule has 1 saturated heterocycles. The van der Waals surface area contributed by atoms with E-state index in [1.54, 1.807) is 6.20 Å². The molecule has 0 aromatic carbocycles. The molecule has 0 unspecified atom stereocenters. The lowest BCUT2D eigenvalue weighted by molar-refractivity contribution is 0.310. The van der Waals surface area contributed by atoms with Gasteiger partial charge in [-0.25, -0.2) is 4.98 Å². The molecule has 1 N–H and O–H groups in total. The summed E-state index contributed by atoms with van der Waals surface area (Å²) in [5.41, 5.74) is 6.77. The first-order chi connectivity index (χ1) is 16.0. The van der Waals surface area contributed by atoms with Crippen LogP contribution in [0, 0.1) is 20.8 Å². The van der Waals surface area contributed by atoms with E-state index in [1.807, 2.05) is 42.9 Å². The van der Waals surface area contributed by atoms with E-state index in [-0.39, 0.29) is 12.1 Å². The lowest BCUT2D eigenvalue weighted by atomic mass is 9.96. The predicted octanol–water partition coefficient (Wildman–Crippen LogP) is 4.76. The summed E-state index contributed by atoms with van der Waals surface area (Å²) >= 11 is 5.83. The summed E-state index contributed by atoms with van der Waals surface area (Å²) in [6.07, 6.45) is 7.39. The van der Waals surface area contributed by atoms with Crippen LogP contribution in [0.15, 0.2) is 73.3 Å². The van der Waals surface area contributed by atoms with E-state index >= 15 is 0 Å². The molecule has 0 spiro atoms. The Bertz CT molecular complexity index is 1280. The number of pyridine rings is 3. The van der Waals surface area contributed by atoms with Gasteiger partial charge in [0.15, 0.2) is 5.11 Å². The maximum atomic E-state index is 5.83. The van der Waals surface area contributed by atoms with Gasteiger partial charge in [0.1, 0.15) is 5.82 Å². The SMILES string of the molecule is Cc1ccnc(-n2c(C)cc([C@H]3[C@H](c4ccccn4)NC(=S)N3Cc3cccnc3)c2C)c1. The summed E-state index contributed by atoms with van der Waals surface area (Å²) in [6, 6.07) is 16.4. The monoisotopic (exact) mass is 454 g/mol. The van der Waals surface area contributed by atoms with Gasteiger partial charge in [0.25, 0.3) is 0 Å². The van der Waals surface area contributed by atoms with Gasteiger partial charge < -0.3 is 14.8 Å². The zero-order chi connectivity index (χ0) is 22.9. The zero-order valence-electron chi connectivity index (χ0n) is 18.9. The maximum absolute atomic E-state index is 5.83. The number of aryl methyl sites for hydroxylation is 2. The highest BCUT2D eigenvalue weighted by Gasteiger charge is 2.41. The van der Waals surface area contributed by atoms with Crippen molar-refractivity contribution in [2.75, 3.05) is 0 Å². The van der Waals surface area contributed by atoms with Crippen LogP contribution in [-0.2, 0) is 6.54 Å². The maximum Gasteiger partial charge on any atom is 0.170 e. The smallest absolute Gasteiger partial charge is 0.170 e. The number of hydrogen-bond acceptors (Lipinski definition) is 4. The Labute approximate surface area is 199 Å². The first kappa shape index (κ1) is 21.3. The van der Waals surface area contributed by atoms with Crippen LogP contribution >= 0.6 is 12.2 Å². The lowest BCUT2D eigenvalue weighted by Gasteiger charge is -2.28. The predicted molar refractivity (Wildman–Crippen MR) is 133 cm³/mol. The largest absolute Gasteiger partial charge is 0.352 e. The molecule has 1 aliphatic heterocycles. The Morgan fingerprint density at radius 2 is 1.85 bits per heavy atom. The van der Waals surface area contributed by atoms with Crippen molar-refractivity contribution in [3.05, 3.63) is 107 Å². The lowest BCUT2D eigenvalue weighted by Crippen LogP contribution is -2.29. The van der Waals surface area contributed by atoms with E-state index in [9.17, 15) is 0 Å². The van der Waals surface area contributed by atoms with Crippen LogP contribution in [-0.4, -0.2) is 29.5 Å². The fraction of sp³-hybridized carbons (Fsp3) is 0.231. The summed E-state index contributed by atoms with van der Waals surface area (Å²) in [5, 5.41) is 4.26. The first-order valence-corrected chi connectivity index (χ1v) is 11.4. The van der Waals surface area contributed by atoms with Crippen LogP contribution in [0.5, 0.6) is 0 Å². The van der Waals surface area contributed by atoms with E-state index in [4.69, 9.17) is 12.2 Å². The van der Waals surface area contributed by atoms with Crippen molar-refractivity contribution in [1.82, 2.24) is 29.7 Å². The van der Waals surface area contributed by atoms with E-state index in [0.29, 0.717) is 6.54 Å². The molecule has 0 radical (unpaired) electrons. The fourth-order valence-electron chi connectivity index (χ4n) is 4.68. The molecule has 5 rings (SSSR count).